The van der Waals surface area contributed by atoms with E-state index in [1.54, 1.807) is 5.01 Å². The van der Waals surface area contributed by atoms with Crippen LogP contribution in [-0.4, -0.2) is 26.3 Å². The van der Waals surface area contributed by atoms with Crippen LogP contribution in [0.25, 0.3) is 0 Å². The number of hydrazone groups is 1. The summed E-state index contributed by atoms with van der Waals surface area (Å²) < 4.78 is 37.8. The Morgan fingerprint density at radius 2 is 1.68 bits per heavy atom. The Balaban J connectivity index is 1.64. The van der Waals surface area contributed by atoms with E-state index in [4.69, 9.17) is 0 Å². The van der Waals surface area contributed by atoms with E-state index in [9.17, 15) is 17.6 Å². The molecule has 1 atom stereocenters. The minimum Gasteiger partial charge on any atom is -0.318 e. The summed E-state index contributed by atoms with van der Waals surface area (Å²) in [7, 11) is -3.54. The number of carbonyl (C=O) groups is 1. The highest BCUT2D eigenvalue weighted by Crippen LogP contribution is 2.35. The van der Waals surface area contributed by atoms with Gasteiger partial charge in [0, 0.05) is 12.7 Å². The Morgan fingerprint density at radius 3 is 2.32 bits per heavy atom. The van der Waals surface area contributed by atoms with Crippen LogP contribution in [0.3, 0.4) is 0 Å². The van der Waals surface area contributed by atoms with Gasteiger partial charge in [-0.15, -0.1) is 0 Å². The molecule has 1 heterocycles. The van der Waals surface area contributed by atoms with Crippen molar-refractivity contribution in [1.82, 2.24) is 0 Å². The first kappa shape index (κ1) is 20.7. The van der Waals surface area contributed by atoms with Crippen molar-refractivity contribution < 1.29 is 17.6 Å². The van der Waals surface area contributed by atoms with E-state index >= 15 is 0 Å². The number of hydrogen-bond donors (Lipinski definition) is 1. The fourth-order valence-corrected chi connectivity index (χ4v) is 4.07. The van der Waals surface area contributed by atoms with Gasteiger partial charge in [0.15, 0.2) is 9.84 Å². The van der Waals surface area contributed by atoms with E-state index in [0.29, 0.717) is 6.42 Å². The maximum atomic E-state index is 14.2. The molecule has 0 aliphatic carbocycles. The Morgan fingerprint density at radius 1 is 1.03 bits per heavy atom. The van der Waals surface area contributed by atoms with Crippen molar-refractivity contribution in [2.24, 2.45) is 5.10 Å². The van der Waals surface area contributed by atoms with Crippen LogP contribution in [0, 0.1) is 5.82 Å². The van der Waals surface area contributed by atoms with Gasteiger partial charge in [-0.25, -0.2) is 12.8 Å². The first-order valence-electron chi connectivity index (χ1n) is 9.60. The molecule has 0 fully saturated rings. The van der Waals surface area contributed by atoms with Gasteiger partial charge in [-0.05, 0) is 35.9 Å². The van der Waals surface area contributed by atoms with Crippen LogP contribution in [0.15, 0.2) is 88.9 Å². The predicted molar refractivity (Wildman–Crippen MR) is 118 cm³/mol. The van der Waals surface area contributed by atoms with Gasteiger partial charge in [0.1, 0.15) is 11.5 Å². The topological polar surface area (TPSA) is 78.8 Å². The molecule has 0 spiro atoms. The summed E-state index contributed by atoms with van der Waals surface area (Å²) in [6.07, 6.45) is 1.34. The number of amides is 1. The normalized spacial score (nSPS) is 16.1. The van der Waals surface area contributed by atoms with Crippen molar-refractivity contribution in [2.45, 2.75) is 17.4 Å². The molecule has 0 saturated carbocycles. The average molecular weight is 437 g/mol. The third kappa shape index (κ3) is 4.49. The molecule has 3 aromatic carbocycles. The lowest BCUT2D eigenvalue weighted by Crippen LogP contribution is -2.22. The molecule has 0 aromatic heterocycles. The highest BCUT2D eigenvalue weighted by molar-refractivity contribution is 7.90. The second kappa shape index (κ2) is 8.31. The van der Waals surface area contributed by atoms with E-state index in [2.05, 4.69) is 10.4 Å². The molecule has 3 aromatic rings. The highest BCUT2D eigenvalue weighted by atomic mass is 32.2. The van der Waals surface area contributed by atoms with Crippen molar-refractivity contribution in [1.29, 1.82) is 0 Å². The zero-order valence-corrected chi connectivity index (χ0v) is 17.5. The number of sulfone groups is 1. The van der Waals surface area contributed by atoms with Crippen molar-refractivity contribution in [3.63, 3.8) is 0 Å². The summed E-state index contributed by atoms with van der Waals surface area (Å²) >= 11 is 0. The number of benzene rings is 3. The molecular weight excluding hydrogens is 417 g/mol. The van der Waals surface area contributed by atoms with Crippen molar-refractivity contribution in [2.75, 3.05) is 16.6 Å². The van der Waals surface area contributed by atoms with Crippen LogP contribution in [0.1, 0.15) is 18.0 Å². The summed E-state index contributed by atoms with van der Waals surface area (Å²) in [6, 6.07) is 22.2. The van der Waals surface area contributed by atoms with E-state index in [0.717, 1.165) is 35.7 Å². The predicted octanol–water partition coefficient (Wildman–Crippen LogP) is 4.18. The number of carbonyl (C=O) groups excluding carboxylic acids is 1. The molecule has 0 bridgehead atoms. The molecule has 1 amide bonds. The van der Waals surface area contributed by atoms with Gasteiger partial charge >= 0.3 is 0 Å². The highest BCUT2D eigenvalue weighted by Gasteiger charge is 2.32. The minimum absolute atomic E-state index is 0.0781. The smallest absolute Gasteiger partial charge is 0.272 e. The van der Waals surface area contributed by atoms with Gasteiger partial charge < -0.3 is 5.32 Å². The monoisotopic (exact) mass is 437 g/mol. The number of para-hydroxylation sites is 1. The molecular formula is C23H20FN3O3S. The molecule has 1 aliphatic heterocycles. The Labute approximate surface area is 179 Å². The molecule has 1 aliphatic rings. The molecule has 1 N–H and O–H groups in total. The van der Waals surface area contributed by atoms with Crippen LogP contribution in [0.5, 0.6) is 0 Å². The third-order valence-electron chi connectivity index (χ3n) is 4.99. The Bertz CT molecular complexity index is 1250. The number of hydrogen-bond acceptors (Lipinski definition) is 5. The zero-order chi connectivity index (χ0) is 22.0. The lowest BCUT2D eigenvalue weighted by atomic mass is 10.0. The summed E-state index contributed by atoms with van der Waals surface area (Å²) in [5.41, 5.74) is 1.83. The second-order valence-electron chi connectivity index (χ2n) is 7.23. The van der Waals surface area contributed by atoms with Gasteiger partial charge in [-0.3, -0.25) is 9.80 Å². The standard InChI is InChI=1S/C23H20FN3O3S/c1-31(29,30)18-12-13-19(24)20(14-18)25-23(28)21-15-22(16-8-4-2-5-9-16)27(26-21)17-10-6-3-7-11-17/h2-14,22H,15H2,1H3,(H,25,28)/t22-/m0/s1. The average Bonchev–Trinajstić information content (AvgIpc) is 3.21. The molecule has 0 unspecified atom stereocenters. The van der Waals surface area contributed by atoms with Crippen molar-refractivity contribution >= 4 is 32.8 Å². The molecule has 4 rings (SSSR count). The van der Waals surface area contributed by atoms with E-state index in [1.807, 2.05) is 60.7 Å². The number of nitrogens with one attached hydrogen (secondary N) is 1. The summed E-state index contributed by atoms with van der Waals surface area (Å²) in [4.78, 5) is 12.8. The molecule has 0 saturated heterocycles. The van der Waals surface area contributed by atoms with Gasteiger partial charge in [-0.2, -0.15) is 5.10 Å². The number of rotatable bonds is 5. The number of halogens is 1. The quantitative estimate of drug-likeness (QED) is 0.608. The van der Waals surface area contributed by atoms with Crippen LogP contribution < -0.4 is 10.3 Å². The third-order valence-corrected chi connectivity index (χ3v) is 6.10. The largest absolute Gasteiger partial charge is 0.318 e. The molecule has 0 radical (unpaired) electrons. The fourth-order valence-electron chi connectivity index (χ4n) is 3.43. The maximum absolute atomic E-state index is 14.2. The van der Waals surface area contributed by atoms with Crippen LogP contribution in [0.2, 0.25) is 0 Å². The first-order valence-corrected chi connectivity index (χ1v) is 11.5. The Kier molecular flexibility index (Phi) is 5.56. The molecule has 6 nitrogen and oxygen atoms in total. The van der Waals surface area contributed by atoms with Crippen LogP contribution in [-0.2, 0) is 14.6 Å². The van der Waals surface area contributed by atoms with E-state index < -0.39 is 21.6 Å². The van der Waals surface area contributed by atoms with E-state index in [-0.39, 0.29) is 22.3 Å². The van der Waals surface area contributed by atoms with Gasteiger partial charge in [-0.1, -0.05) is 48.5 Å². The first-order chi connectivity index (χ1) is 14.8. The lowest BCUT2D eigenvalue weighted by molar-refractivity contribution is -0.110. The van der Waals surface area contributed by atoms with Gasteiger partial charge in [0.05, 0.1) is 22.3 Å². The molecule has 8 heteroatoms. The second-order valence-corrected chi connectivity index (χ2v) is 9.24. The van der Waals surface area contributed by atoms with Gasteiger partial charge in [0.2, 0.25) is 0 Å². The number of anilines is 2. The van der Waals surface area contributed by atoms with E-state index in [1.165, 1.54) is 0 Å². The van der Waals surface area contributed by atoms with Crippen molar-refractivity contribution in [3.8, 4) is 0 Å². The molecule has 158 valence electrons. The zero-order valence-electron chi connectivity index (χ0n) is 16.7. The van der Waals surface area contributed by atoms with Gasteiger partial charge in [0.25, 0.3) is 5.91 Å². The Hall–Kier alpha value is -3.52. The molecule has 31 heavy (non-hydrogen) atoms. The number of nitrogens with zero attached hydrogens (tertiary/aromatic N) is 2. The maximum Gasteiger partial charge on any atom is 0.272 e. The van der Waals surface area contributed by atoms with Crippen LogP contribution in [0.4, 0.5) is 15.8 Å². The fraction of sp³-hybridized carbons (Fsp3) is 0.130. The SMILES string of the molecule is CS(=O)(=O)c1ccc(F)c(NC(=O)C2=NN(c3ccccc3)[C@H](c3ccccc3)C2)c1. The summed E-state index contributed by atoms with van der Waals surface area (Å²) in [5.74, 6) is -1.30. The van der Waals surface area contributed by atoms with Crippen molar-refractivity contribution in [3.05, 3.63) is 90.2 Å². The minimum atomic E-state index is -3.54. The summed E-state index contributed by atoms with van der Waals surface area (Å²) in [6.45, 7) is 0. The van der Waals surface area contributed by atoms with Crippen LogP contribution >= 0.6 is 0 Å². The lowest BCUT2D eigenvalue weighted by Gasteiger charge is -2.23. The summed E-state index contributed by atoms with van der Waals surface area (Å²) in [5, 5.41) is 8.75.